The largest absolute Gasteiger partial charge is 0.472 e. The minimum Gasteiger partial charge on any atom is -0.302 e. The van der Waals surface area contributed by atoms with Gasteiger partial charge in [-0.3, -0.25) is 13.8 Å². The second-order valence-electron chi connectivity index (χ2n) is 4.01. The van der Waals surface area contributed by atoms with E-state index in [2.05, 4.69) is 0 Å². The van der Waals surface area contributed by atoms with E-state index in [0.29, 0.717) is 19.3 Å². The smallest absolute Gasteiger partial charge is 0.302 e. The lowest BCUT2D eigenvalue weighted by molar-refractivity contribution is -0.110. The molecule has 1 N–H and O–H groups in total. The molecule has 16 heavy (non-hydrogen) atoms. The molecule has 0 radical (unpaired) electrons. The molecule has 0 aliphatic carbocycles. The number of phosphoric acid groups is 1. The molecule has 7 heteroatoms. The Bertz CT molecular complexity index is 279. The Morgan fingerprint density at radius 2 is 2.06 bits per heavy atom. The van der Waals surface area contributed by atoms with Crippen LogP contribution in [-0.2, 0) is 18.4 Å². The van der Waals surface area contributed by atoms with Gasteiger partial charge >= 0.3 is 7.82 Å². The zero-order valence-electron chi connectivity index (χ0n) is 9.73. The maximum Gasteiger partial charge on any atom is 0.472 e. The molecule has 0 bridgehead atoms. The lowest BCUT2D eigenvalue weighted by atomic mass is 10.0. The fourth-order valence-corrected chi connectivity index (χ4v) is 2.44. The first-order valence-corrected chi connectivity index (χ1v) is 7.62. The summed E-state index contributed by atoms with van der Waals surface area (Å²) in [5.41, 5.74) is -0.848. The van der Waals surface area contributed by atoms with E-state index in [9.17, 15) is 14.3 Å². The summed E-state index contributed by atoms with van der Waals surface area (Å²) in [6.07, 6.45) is 1.33. The van der Waals surface area contributed by atoms with Crippen molar-refractivity contribution < 1.29 is 23.3 Å². The normalized spacial score (nSPS) is 15.8. The number of carbonyl (C=O) groups is 1. The molecule has 96 valence electrons. The minimum absolute atomic E-state index is 0.00322. The Labute approximate surface area is 110 Å². The van der Waals surface area contributed by atoms with Crippen molar-refractivity contribution >= 4 is 34.2 Å². The van der Waals surface area contributed by atoms with Gasteiger partial charge in [-0.05, 0) is 49.3 Å². The molecular weight excluding hydrogens is 346 g/mol. The Morgan fingerprint density at radius 3 is 2.50 bits per heavy atom. The van der Waals surface area contributed by atoms with Crippen molar-refractivity contribution in [3.05, 3.63) is 0 Å². The van der Waals surface area contributed by atoms with E-state index in [1.807, 2.05) is 6.92 Å². The van der Waals surface area contributed by atoms with Gasteiger partial charge in [0.05, 0.1) is 12.2 Å². The maximum absolute atomic E-state index is 11.5. The third-order valence-electron chi connectivity index (χ3n) is 1.74. The van der Waals surface area contributed by atoms with Gasteiger partial charge in [0.2, 0.25) is 0 Å². The number of halogens is 1. The fraction of sp³-hybridized carbons (Fsp3) is 0.889. The van der Waals surface area contributed by atoms with Gasteiger partial charge < -0.3 is 4.89 Å². The Morgan fingerprint density at radius 1 is 1.50 bits per heavy atom. The van der Waals surface area contributed by atoms with E-state index >= 15 is 0 Å². The van der Waals surface area contributed by atoms with Gasteiger partial charge in [-0.2, -0.15) is 0 Å². The zero-order chi connectivity index (χ0) is 12.8. The number of rotatable bonds is 8. The SMILES string of the molecule is CCCOP(=O)(O)OC(C)(C)CCC(=O)I. The van der Waals surface area contributed by atoms with Crippen LogP contribution in [-0.4, -0.2) is 20.9 Å². The first-order valence-electron chi connectivity index (χ1n) is 5.05. The van der Waals surface area contributed by atoms with E-state index < -0.39 is 13.4 Å². The van der Waals surface area contributed by atoms with Gasteiger partial charge in [-0.15, -0.1) is 0 Å². The van der Waals surface area contributed by atoms with Crippen molar-refractivity contribution in [2.24, 2.45) is 0 Å². The minimum atomic E-state index is -4.00. The summed E-state index contributed by atoms with van der Waals surface area (Å²) >= 11 is 1.69. The standard InChI is InChI=1S/C9H18IO5P/c1-4-7-14-16(12,13)15-9(2,3)6-5-8(10)11/h4-7H2,1-3H3,(H,12,13). The molecular formula is C9H18IO5P. The van der Waals surface area contributed by atoms with E-state index in [0.717, 1.165) is 0 Å². The van der Waals surface area contributed by atoms with Gasteiger partial charge in [-0.25, -0.2) is 4.57 Å². The summed E-state index contributed by atoms with van der Waals surface area (Å²) in [5, 5.41) is 0. The van der Waals surface area contributed by atoms with Crippen molar-refractivity contribution in [3.63, 3.8) is 0 Å². The molecule has 0 amide bonds. The Balaban J connectivity index is 4.22. The van der Waals surface area contributed by atoms with Crippen LogP contribution < -0.4 is 0 Å². The average molecular weight is 364 g/mol. The van der Waals surface area contributed by atoms with Gasteiger partial charge in [0, 0.05) is 6.42 Å². The molecule has 1 atom stereocenters. The van der Waals surface area contributed by atoms with E-state index in [1.54, 1.807) is 36.4 Å². The number of carbonyl (C=O) groups excluding carboxylic acids is 1. The number of hydrogen-bond acceptors (Lipinski definition) is 4. The molecule has 0 aromatic heterocycles. The molecule has 1 unspecified atom stereocenters. The molecule has 0 rings (SSSR count). The highest BCUT2D eigenvalue weighted by atomic mass is 127. The molecule has 0 aliphatic heterocycles. The second kappa shape index (κ2) is 7.06. The summed E-state index contributed by atoms with van der Waals surface area (Å²) in [7, 11) is -4.00. The molecule has 0 fully saturated rings. The highest BCUT2D eigenvalue weighted by Gasteiger charge is 2.31. The lowest BCUT2D eigenvalue weighted by Gasteiger charge is -2.26. The molecule has 0 heterocycles. The van der Waals surface area contributed by atoms with Crippen molar-refractivity contribution in [3.8, 4) is 0 Å². The van der Waals surface area contributed by atoms with Crippen LogP contribution in [0.25, 0.3) is 0 Å². The highest BCUT2D eigenvalue weighted by Crippen LogP contribution is 2.48. The van der Waals surface area contributed by atoms with Crippen molar-refractivity contribution in [1.82, 2.24) is 0 Å². The third kappa shape index (κ3) is 8.64. The summed E-state index contributed by atoms with van der Waals surface area (Å²) in [4.78, 5) is 20.2. The van der Waals surface area contributed by atoms with E-state index in [1.165, 1.54) is 0 Å². The van der Waals surface area contributed by atoms with Crippen LogP contribution in [0.4, 0.5) is 0 Å². The average Bonchev–Trinajstić information content (AvgIpc) is 2.10. The van der Waals surface area contributed by atoms with Gasteiger partial charge in [-0.1, -0.05) is 6.92 Å². The Kier molecular flexibility index (Phi) is 7.28. The summed E-state index contributed by atoms with van der Waals surface area (Å²) < 4.78 is 21.2. The summed E-state index contributed by atoms with van der Waals surface area (Å²) in [6, 6.07) is 0. The molecule has 0 aliphatic rings. The monoisotopic (exact) mass is 364 g/mol. The molecule has 0 saturated heterocycles. The van der Waals surface area contributed by atoms with Crippen LogP contribution in [0.3, 0.4) is 0 Å². The van der Waals surface area contributed by atoms with Crippen molar-refractivity contribution in [2.45, 2.75) is 45.6 Å². The predicted molar refractivity (Wildman–Crippen MR) is 69.5 cm³/mol. The topological polar surface area (TPSA) is 72.8 Å². The second-order valence-corrected chi connectivity index (χ2v) is 6.59. The van der Waals surface area contributed by atoms with Gasteiger partial charge in [0.15, 0.2) is 3.79 Å². The number of hydrogen-bond donors (Lipinski definition) is 1. The molecule has 0 aromatic carbocycles. The molecule has 0 aromatic rings. The van der Waals surface area contributed by atoms with Crippen LogP contribution in [0.2, 0.25) is 0 Å². The highest BCUT2D eigenvalue weighted by molar-refractivity contribution is 14.1. The Hall–Kier alpha value is 0.510. The van der Waals surface area contributed by atoms with Crippen LogP contribution >= 0.6 is 30.4 Å². The first-order chi connectivity index (χ1) is 7.18. The van der Waals surface area contributed by atoms with Crippen LogP contribution in [0.5, 0.6) is 0 Å². The molecule has 5 nitrogen and oxygen atoms in total. The van der Waals surface area contributed by atoms with Crippen molar-refractivity contribution in [1.29, 1.82) is 0 Å². The van der Waals surface area contributed by atoms with Crippen LogP contribution in [0.15, 0.2) is 0 Å². The van der Waals surface area contributed by atoms with Gasteiger partial charge in [0.1, 0.15) is 0 Å². The van der Waals surface area contributed by atoms with Crippen LogP contribution in [0, 0.1) is 0 Å². The third-order valence-corrected chi connectivity index (χ3v) is 3.52. The van der Waals surface area contributed by atoms with E-state index in [4.69, 9.17) is 9.05 Å². The molecule has 0 saturated carbocycles. The fourth-order valence-electron chi connectivity index (χ4n) is 0.990. The lowest BCUT2D eigenvalue weighted by Crippen LogP contribution is -2.24. The molecule has 0 spiro atoms. The van der Waals surface area contributed by atoms with Crippen LogP contribution in [0.1, 0.15) is 40.0 Å². The summed E-state index contributed by atoms with van der Waals surface area (Å²) in [6.45, 7) is 5.32. The quantitative estimate of drug-likeness (QED) is 0.407. The zero-order valence-corrected chi connectivity index (χ0v) is 12.8. The summed E-state index contributed by atoms with van der Waals surface area (Å²) in [5.74, 6) is 0. The maximum atomic E-state index is 11.5. The van der Waals surface area contributed by atoms with E-state index in [-0.39, 0.29) is 10.4 Å². The van der Waals surface area contributed by atoms with Crippen molar-refractivity contribution in [2.75, 3.05) is 6.61 Å². The number of phosphoric ester groups is 1. The first kappa shape index (κ1) is 16.5. The predicted octanol–water partition coefficient (Wildman–Crippen LogP) is 3.05. The van der Waals surface area contributed by atoms with Gasteiger partial charge in [0.25, 0.3) is 0 Å².